The summed E-state index contributed by atoms with van der Waals surface area (Å²) in [5, 5.41) is 2.66. The van der Waals surface area contributed by atoms with Gasteiger partial charge in [0, 0.05) is 0 Å². The Hall–Kier alpha value is -1.26. The summed E-state index contributed by atoms with van der Waals surface area (Å²) in [7, 11) is 0. The zero-order valence-corrected chi connectivity index (χ0v) is 9.66. The number of hydrogen-bond donors (Lipinski definition) is 1. The molecule has 1 aliphatic rings. The zero-order valence-electron chi connectivity index (χ0n) is 9.66. The van der Waals surface area contributed by atoms with Crippen LogP contribution < -0.4 is 5.32 Å². The fraction of sp³-hybridized carbons (Fsp3) is 0.800. The third-order valence-corrected chi connectivity index (χ3v) is 1.71. The first kappa shape index (κ1) is 11.8. The van der Waals surface area contributed by atoms with Gasteiger partial charge in [-0.1, -0.05) is 0 Å². The molecule has 0 saturated heterocycles. The molecule has 1 heterocycles. The quantitative estimate of drug-likeness (QED) is 0.754. The van der Waals surface area contributed by atoms with Gasteiger partial charge in [-0.3, -0.25) is 4.99 Å². The molecule has 15 heavy (non-hydrogen) atoms. The molecule has 0 radical (unpaired) electrons. The van der Waals surface area contributed by atoms with E-state index < -0.39 is 11.7 Å². The summed E-state index contributed by atoms with van der Waals surface area (Å²) in [6.45, 7) is 8.53. The van der Waals surface area contributed by atoms with Crippen molar-refractivity contribution >= 4 is 12.0 Å². The Balaban J connectivity index is 2.37. The van der Waals surface area contributed by atoms with Gasteiger partial charge in [-0.2, -0.15) is 0 Å². The Labute approximate surface area is 89.9 Å². The zero-order chi connectivity index (χ0) is 11.5. The number of rotatable bonds is 2. The van der Waals surface area contributed by atoms with E-state index in [1.54, 1.807) is 0 Å². The van der Waals surface area contributed by atoms with Crippen LogP contribution in [0.1, 0.15) is 27.7 Å². The van der Waals surface area contributed by atoms with Gasteiger partial charge in [-0.15, -0.1) is 0 Å². The minimum atomic E-state index is -0.484. The second kappa shape index (κ2) is 4.51. The summed E-state index contributed by atoms with van der Waals surface area (Å²) >= 11 is 0. The van der Waals surface area contributed by atoms with Crippen LogP contribution in [-0.4, -0.2) is 36.8 Å². The second-order valence-corrected chi connectivity index (χ2v) is 4.44. The summed E-state index contributed by atoms with van der Waals surface area (Å²) in [5.74, 6) is 0.570. The van der Waals surface area contributed by atoms with Gasteiger partial charge in [0.15, 0.2) is 0 Å². The van der Waals surface area contributed by atoms with Crippen LogP contribution in [0.3, 0.4) is 0 Å². The monoisotopic (exact) mass is 214 g/mol. The Morgan fingerprint density at radius 1 is 1.60 bits per heavy atom. The van der Waals surface area contributed by atoms with Crippen LogP contribution in [0.25, 0.3) is 0 Å². The maximum atomic E-state index is 11.4. The topological polar surface area (TPSA) is 59.9 Å². The molecule has 1 aliphatic heterocycles. The van der Waals surface area contributed by atoms with Gasteiger partial charge in [-0.05, 0) is 27.7 Å². The fourth-order valence-corrected chi connectivity index (χ4v) is 1.16. The van der Waals surface area contributed by atoms with Crippen molar-refractivity contribution in [3.8, 4) is 0 Å². The van der Waals surface area contributed by atoms with E-state index in [0.29, 0.717) is 19.0 Å². The molecule has 1 N–H and O–H groups in total. The number of nitrogens with one attached hydrogen (secondary N) is 1. The van der Waals surface area contributed by atoms with Gasteiger partial charge in [0.2, 0.25) is 5.90 Å². The van der Waals surface area contributed by atoms with Gasteiger partial charge in [0.25, 0.3) is 0 Å². The van der Waals surface area contributed by atoms with Crippen LogP contribution in [0.2, 0.25) is 0 Å². The van der Waals surface area contributed by atoms with Crippen molar-refractivity contribution in [1.29, 1.82) is 0 Å². The molecule has 0 spiro atoms. The summed E-state index contributed by atoms with van der Waals surface area (Å²) in [6.07, 6.45) is -0.451. The highest BCUT2D eigenvalue weighted by Crippen LogP contribution is 2.07. The molecule has 5 nitrogen and oxygen atoms in total. The Morgan fingerprint density at radius 2 is 2.27 bits per heavy atom. The Morgan fingerprint density at radius 3 is 2.73 bits per heavy atom. The number of aliphatic imine (C=N–C) groups is 1. The predicted octanol–water partition coefficient (Wildman–Crippen LogP) is 1.33. The van der Waals surface area contributed by atoms with E-state index >= 15 is 0 Å². The minimum absolute atomic E-state index is 0.234. The molecule has 0 bridgehead atoms. The van der Waals surface area contributed by atoms with Crippen LogP contribution in [0, 0.1) is 0 Å². The van der Waals surface area contributed by atoms with E-state index in [9.17, 15) is 4.79 Å². The number of alkyl carbamates (subject to hydrolysis) is 1. The van der Waals surface area contributed by atoms with Crippen LogP contribution in [0.15, 0.2) is 4.99 Å². The lowest BCUT2D eigenvalue weighted by atomic mass is 10.2. The van der Waals surface area contributed by atoms with Crippen molar-refractivity contribution in [1.82, 2.24) is 5.32 Å². The number of hydrogen-bond acceptors (Lipinski definition) is 4. The number of carbonyl (C=O) groups is 1. The molecule has 0 aromatic heterocycles. The maximum absolute atomic E-state index is 11.4. The third-order valence-electron chi connectivity index (χ3n) is 1.71. The molecule has 0 fully saturated rings. The minimum Gasteiger partial charge on any atom is -0.478 e. The maximum Gasteiger partial charge on any atom is 0.408 e. The van der Waals surface area contributed by atoms with Crippen LogP contribution in [0.4, 0.5) is 4.79 Å². The summed E-state index contributed by atoms with van der Waals surface area (Å²) in [6, 6.07) is -0.234. The molecule has 0 unspecified atom stereocenters. The lowest BCUT2D eigenvalue weighted by Crippen LogP contribution is -2.41. The van der Waals surface area contributed by atoms with Crippen LogP contribution in [-0.2, 0) is 9.47 Å². The summed E-state index contributed by atoms with van der Waals surface area (Å²) < 4.78 is 10.3. The van der Waals surface area contributed by atoms with Gasteiger partial charge in [0.05, 0.1) is 6.54 Å². The largest absolute Gasteiger partial charge is 0.478 e. The Bertz CT molecular complexity index is 268. The van der Waals surface area contributed by atoms with Crippen molar-refractivity contribution in [2.75, 3.05) is 13.2 Å². The second-order valence-electron chi connectivity index (χ2n) is 4.44. The van der Waals surface area contributed by atoms with Crippen molar-refractivity contribution in [3.63, 3.8) is 0 Å². The van der Waals surface area contributed by atoms with Gasteiger partial charge in [0.1, 0.15) is 18.2 Å². The van der Waals surface area contributed by atoms with Gasteiger partial charge in [-0.25, -0.2) is 4.79 Å². The summed E-state index contributed by atoms with van der Waals surface area (Å²) in [5.41, 5.74) is -0.484. The molecule has 1 amide bonds. The van der Waals surface area contributed by atoms with E-state index in [2.05, 4.69) is 10.3 Å². The average Bonchev–Trinajstić information content (AvgIpc) is 2.50. The molecule has 0 aliphatic carbocycles. The number of nitrogens with zero attached hydrogens (tertiary/aromatic N) is 1. The lowest BCUT2D eigenvalue weighted by molar-refractivity contribution is 0.0517. The number of amides is 1. The van der Waals surface area contributed by atoms with Crippen molar-refractivity contribution < 1.29 is 14.3 Å². The van der Waals surface area contributed by atoms with Gasteiger partial charge < -0.3 is 14.8 Å². The molecular formula is C10H18N2O3. The lowest BCUT2D eigenvalue weighted by Gasteiger charge is -2.21. The van der Waals surface area contributed by atoms with Crippen molar-refractivity contribution in [3.05, 3.63) is 0 Å². The third kappa shape index (κ3) is 4.18. The SMILES string of the molecule is C[C@@H](NC(=O)OC(C)(C)C)C1=NCCO1. The number of carbonyl (C=O) groups excluding carboxylic acids is 1. The predicted molar refractivity (Wildman–Crippen MR) is 57.1 cm³/mol. The molecule has 0 saturated carbocycles. The summed E-state index contributed by atoms with van der Waals surface area (Å²) in [4.78, 5) is 15.5. The molecule has 86 valence electrons. The highest BCUT2D eigenvalue weighted by atomic mass is 16.6. The number of ether oxygens (including phenoxy) is 2. The highest BCUT2D eigenvalue weighted by molar-refractivity contribution is 5.86. The normalized spacial score (nSPS) is 17.7. The molecule has 1 rings (SSSR count). The molecule has 1 atom stereocenters. The first-order chi connectivity index (χ1) is 6.88. The van der Waals surface area contributed by atoms with E-state index in [1.807, 2.05) is 27.7 Å². The Kier molecular flexibility index (Phi) is 3.55. The standard InChI is InChI=1S/C10H18N2O3/c1-7(8-11-5-6-14-8)12-9(13)15-10(2,3)4/h7H,5-6H2,1-4H3,(H,12,13)/t7-/m1/s1. The van der Waals surface area contributed by atoms with E-state index in [4.69, 9.17) is 9.47 Å². The molecular weight excluding hydrogens is 196 g/mol. The van der Waals surface area contributed by atoms with E-state index in [-0.39, 0.29) is 6.04 Å². The highest BCUT2D eigenvalue weighted by Gasteiger charge is 2.21. The van der Waals surface area contributed by atoms with E-state index in [1.165, 1.54) is 0 Å². The van der Waals surface area contributed by atoms with Crippen molar-refractivity contribution in [2.24, 2.45) is 4.99 Å². The molecule has 5 heteroatoms. The first-order valence-corrected chi connectivity index (χ1v) is 5.05. The van der Waals surface area contributed by atoms with Crippen LogP contribution >= 0.6 is 0 Å². The smallest absolute Gasteiger partial charge is 0.408 e. The molecule has 0 aromatic carbocycles. The van der Waals surface area contributed by atoms with Crippen LogP contribution in [0.5, 0.6) is 0 Å². The molecule has 0 aromatic rings. The van der Waals surface area contributed by atoms with Crippen molar-refractivity contribution in [2.45, 2.75) is 39.3 Å². The first-order valence-electron chi connectivity index (χ1n) is 5.05. The van der Waals surface area contributed by atoms with E-state index in [0.717, 1.165) is 0 Å². The fourth-order valence-electron chi connectivity index (χ4n) is 1.16. The average molecular weight is 214 g/mol. The van der Waals surface area contributed by atoms with Gasteiger partial charge >= 0.3 is 6.09 Å².